The van der Waals surface area contributed by atoms with E-state index in [-0.39, 0.29) is 28.5 Å². The van der Waals surface area contributed by atoms with Gasteiger partial charge in [-0.1, -0.05) is 29.3 Å². The lowest BCUT2D eigenvalue weighted by Gasteiger charge is -2.37. The van der Waals surface area contributed by atoms with Gasteiger partial charge in [0, 0.05) is 17.8 Å². The second-order valence-electron chi connectivity index (χ2n) is 8.54. The molecular formula is C22H26Cl2N2O4. The number of phenols is 1. The van der Waals surface area contributed by atoms with E-state index < -0.39 is 17.8 Å². The topological polar surface area (TPSA) is 82.9 Å². The zero-order chi connectivity index (χ0) is 22.1. The molecule has 1 amide bonds. The Hall–Kier alpha value is -2.02. The summed E-state index contributed by atoms with van der Waals surface area (Å²) in [6.45, 7) is 5.43. The molecule has 0 fully saturated rings. The van der Waals surface area contributed by atoms with Crippen molar-refractivity contribution in [3.05, 3.63) is 57.3 Å². The summed E-state index contributed by atoms with van der Waals surface area (Å²) in [5.74, 6) is 0.195. The number of nitrogens with zero attached hydrogens (tertiary/aromatic N) is 2. The van der Waals surface area contributed by atoms with Crippen molar-refractivity contribution in [2.24, 2.45) is 0 Å². The summed E-state index contributed by atoms with van der Waals surface area (Å²) in [6.07, 6.45) is 2.00. The average Bonchev–Trinajstić information content (AvgIpc) is 2.66. The Morgan fingerprint density at radius 3 is 2.70 bits per heavy atom. The lowest BCUT2D eigenvalue weighted by Crippen LogP contribution is -2.47. The fraction of sp³-hybridized carbons (Fsp3) is 0.455. The first-order valence-electron chi connectivity index (χ1n) is 9.83. The van der Waals surface area contributed by atoms with Gasteiger partial charge < -0.3 is 19.8 Å². The summed E-state index contributed by atoms with van der Waals surface area (Å²) >= 11 is 11.9. The maximum Gasteiger partial charge on any atom is 0.410 e. The highest BCUT2D eigenvalue weighted by Crippen LogP contribution is 2.30. The van der Waals surface area contributed by atoms with E-state index in [1.165, 1.54) is 6.20 Å². The predicted octanol–water partition coefficient (Wildman–Crippen LogP) is 4.92. The molecule has 0 unspecified atom stereocenters. The zero-order valence-corrected chi connectivity index (χ0v) is 18.7. The van der Waals surface area contributed by atoms with Crippen LogP contribution in [-0.4, -0.2) is 44.4 Å². The molecule has 30 heavy (non-hydrogen) atoms. The van der Waals surface area contributed by atoms with E-state index in [2.05, 4.69) is 4.98 Å². The number of benzene rings is 1. The van der Waals surface area contributed by atoms with Crippen LogP contribution in [0.4, 0.5) is 4.79 Å². The van der Waals surface area contributed by atoms with Gasteiger partial charge in [-0.3, -0.25) is 0 Å². The molecule has 0 bridgehead atoms. The Morgan fingerprint density at radius 2 is 2.03 bits per heavy atom. The summed E-state index contributed by atoms with van der Waals surface area (Å²) in [5.41, 5.74) is 1.94. The Morgan fingerprint density at radius 1 is 1.30 bits per heavy atom. The molecule has 6 nitrogen and oxygen atoms in total. The fourth-order valence-corrected chi connectivity index (χ4v) is 3.87. The third-order valence-corrected chi connectivity index (χ3v) is 5.72. The molecule has 1 aliphatic carbocycles. The molecular weight excluding hydrogens is 427 g/mol. The first-order valence-corrected chi connectivity index (χ1v) is 10.6. The summed E-state index contributed by atoms with van der Waals surface area (Å²) in [7, 11) is 0. The lowest BCUT2D eigenvalue weighted by molar-refractivity contribution is 0.00192. The van der Waals surface area contributed by atoms with Crippen LogP contribution < -0.4 is 0 Å². The van der Waals surface area contributed by atoms with Crippen LogP contribution in [0.25, 0.3) is 0 Å². The molecule has 0 saturated carbocycles. The maximum absolute atomic E-state index is 13.0. The fourth-order valence-electron chi connectivity index (χ4n) is 3.59. The molecule has 0 saturated heterocycles. The van der Waals surface area contributed by atoms with E-state index in [1.807, 2.05) is 6.07 Å². The third kappa shape index (κ3) is 5.56. The van der Waals surface area contributed by atoms with Gasteiger partial charge in [0.25, 0.3) is 0 Å². The number of halogens is 2. The monoisotopic (exact) mass is 452 g/mol. The number of aliphatic hydroxyl groups excluding tert-OH is 1. The second kappa shape index (κ2) is 9.00. The van der Waals surface area contributed by atoms with Crippen LogP contribution in [0.15, 0.2) is 30.5 Å². The van der Waals surface area contributed by atoms with E-state index >= 15 is 0 Å². The first-order chi connectivity index (χ1) is 14.0. The number of amides is 1. The van der Waals surface area contributed by atoms with Gasteiger partial charge in [-0.25, -0.2) is 9.78 Å². The van der Waals surface area contributed by atoms with Gasteiger partial charge >= 0.3 is 6.09 Å². The van der Waals surface area contributed by atoms with Crippen molar-refractivity contribution in [1.29, 1.82) is 0 Å². The largest absolute Gasteiger partial charge is 0.508 e. The van der Waals surface area contributed by atoms with Crippen molar-refractivity contribution in [2.45, 2.75) is 57.8 Å². The van der Waals surface area contributed by atoms with Gasteiger partial charge in [0.2, 0.25) is 0 Å². The van der Waals surface area contributed by atoms with E-state index in [9.17, 15) is 15.0 Å². The van der Waals surface area contributed by atoms with Gasteiger partial charge in [-0.15, -0.1) is 0 Å². The molecule has 1 heterocycles. The normalized spacial score (nSPS) is 17.2. The minimum Gasteiger partial charge on any atom is -0.508 e. The Labute approximate surface area is 186 Å². The molecule has 162 valence electrons. The zero-order valence-electron chi connectivity index (χ0n) is 17.2. The highest BCUT2D eigenvalue weighted by molar-refractivity contribution is 6.41. The minimum atomic E-state index is -1.01. The van der Waals surface area contributed by atoms with Gasteiger partial charge in [0.15, 0.2) is 0 Å². The summed E-state index contributed by atoms with van der Waals surface area (Å²) < 4.78 is 5.61. The predicted molar refractivity (Wildman–Crippen MR) is 116 cm³/mol. The van der Waals surface area contributed by atoms with Crippen molar-refractivity contribution < 1.29 is 19.7 Å². The number of ether oxygens (including phenoxy) is 1. The van der Waals surface area contributed by atoms with Crippen molar-refractivity contribution in [2.75, 3.05) is 6.54 Å². The van der Waals surface area contributed by atoms with Crippen molar-refractivity contribution in [3.63, 3.8) is 0 Å². The van der Waals surface area contributed by atoms with Gasteiger partial charge in [-0.05, 0) is 69.4 Å². The van der Waals surface area contributed by atoms with Crippen LogP contribution >= 0.6 is 23.2 Å². The van der Waals surface area contributed by atoms with E-state index in [0.29, 0.717) is 12.0 Å². The molecule has 1 aliphatic rings. The number of aromatic nitrogens is 1. The quantitative estimate of drug-likeness (QED) is 0.642. The standard InChI is InChI=1S/C22H26Cl2N2O4/c1-22(2,3)30-21(29)26(12-19(28)15-10-18(23)20(24)25-11-15)16-6-4-13-5-7-17(27)9-14(13)8-16/h5,7,9-11,16,19,27-28H,4,6,8,12H2,1-3H3/t16-,19-/m0/s1. The maximum atomic E-state index is 13.0. The number of aryl methyl sites for hydroxylation is 1. The first kappa shape index (κ1) is 22.7. The second-order valence-corrected chi connectivity index (χ2v) is 9.30. The van der Waals surface area contributed by atoms with E-state index in [4.69, 9.17) is 27.9 Å². The van der Waals surface area contributed by atoms with Crippen LogP contribution in [0.3, 0.4) is 0 Å². The third-order valence-electron chi connectivity index (χ3n) is 5.03. The Bertz CT molecular complexity index is 930. The molecule has 2 aromatic rings. The van der Waals surface area contributed by atoms with Gasteiger partial charge in [0.1, 0.15) is 16.5 Å². The molecule has 8 heteroatoms. The van der Waals surface area contributed by atoms with Crippen molar-refractivity contribution in [3.8, 4) is 5.75 Å². The highest BCUT2D eigenvalue weighted by atomic mass is 35.5. The number of pyridine rings is 1. The number of hydrogen-bond acceptors (Lipinski definition) is 5. The van der Waals surface area contributed by atoms with Crippen molar-refractivity contribution in [1.82, 2.24) is 9.88 Å². The minimum absolute atomic E-state index is 0.0212. The molecule has 0 aliphatic heterocycles. The summed E-state index contributed by atoms with van der Waals surface area (Å²) in [4.78, 5) is 18.5. The highest BCUT2D eigenvalue weighted by Gasteiger charge is 2.33. The van der Waals surface area contributed by atoms with Crippen LogP contribution in [0.5, 0.6) is 5.75 Å². The molecule has 3 rings (SSSR count). The number of hydrogen-bond donors (Lipinski definition) is 2. The molecule has 0 spiro atoms. The lowest BCUT2D eigenvalue weighted by atomic mass is 9.87. The smallest absolute Gasteiger partial charge is 0.410 e. The molecule has 2 atom stereocenters. The van der Waals surface area contributed by atoms with Crippen LogP contribution in [0.2, 0.25) is 10.2 Å². The number of phenolic OH excluding ortho intramolecular Hbond substituents is 1. The molecule has 0 radical (unpaired) electrons. The number of fused-ring (bicyclic) bond motifs is 1. The Balaban J connectivity index is 1.85. The average molecular weight is 453 g/mol. The van der Waals surface area contributed by atoms with Gasteiger partial charge in [0.05, 0.1) is 17.7 Å². The van der Waals surface area contributed by atoms with Crippen LogP contribution in [-0.2, 0) is 17.6 Å². The van der Waals surface area contributed by atoms with Crippen LogP contribution in [0.1, 0.15) is 50.0 Å². The molecule has 1 aromatic heterocycles. The summed E-state index contributed by atoms with van der Waals surface area (Å²) in [5, 5.41) is 21.0. The van der Waals surface area contributed by atoms with Gasteiger partial charge in [-0.2, -0.15) is 0 Å². The SMILES string of the molecule is CC(C)(C)OC(=O)N(C[C@H](O)c1cnc(Cl)c(Cl)c1)[C@H]1CCc2ccc(O)cc2C1. The van der Waals surface area contributed by atoms with Crippen LogP contribution in [0, 0.1) is 0 Å². The number of rotatable bonds is 4. The Kier molecular flexibility index (Phi) is 6.80. The number of carbonyl (C=O) groups excluding carboxylic acids is 1. The molecule has 2 N–H and O–H groups in total. The number of aliphatic hydroxyl groups is 1. The molecule has 1 aromatic carbocycles. The summed E-state index contributed by atoms with van der Waals surface area (Å²) in [6, 6.07) is 6.68. The number of carbonyl (C=O) groups is 1. The van der Waals surface area contributed by atoms with E-state index in [0.717, 1.165) is 24.0 Å². The number of aromatic hydroxyl groups is 1. The van der Waals surface area contributed by atoms with E-state index in [1.54, 1.807) is 43.9 Å². The van der Waals surface area contributed by atoms with Crippen molar-refractivity contribution >= 4 is 29.3 Å².